The van der Waals surface area contributed by atoms with Gasteiger partial charge < -0.3 is 10.4 Å². The van der Waals surface area contributed by atoms with Crippen LogP contribution < -0.4 is 5.32 Å². The van der Waals surface area contributed by atoms with Gasteiger partial charge in [0.2, 0.25) is 5.95 Å². The van der Waals surface area contributed by atoms with Crippen molar-refractivity contribution in [1.29, 1.82) is 0 Å². The highest BCUT2D eigenvalue weighted by Crippen LogP contribution is 2.24. The second-order valence-electron chi connectivity index (χ2n) is 4.50. The highest BCUT2D eigenvalue weighted by Gasteiger charge is 2.15. The van der Waals surface area contributed by atoms with Crippen molar-refractivity contribution in [2.24, 2.45) is 0 Å². The van der Waals surface area contributed by atoms with E-state index in [2.05, 4.69) is 25.5 Å². The molecule has 7 nitrogen and oxygen atoms in total. The Labute approximate surface area is 128 Å². The normalized spacial score (nSPS) is 10.5. The number of aromatic nitrogens is 4. The third kappa shape index (κ3) is 2.98. The maximum Gasteiger partial charge on any atom is 0.338 e. The maximum absolute atomic E-state index is 13.9. The van der Waals surface area contributed by atoms with Crippen LogP contribution in [-0.4, -0.2) is 31.2 Å². The minimum atomic E-state index is -1.40. The summed E-state index contributed by atoms with van der Waals surface area (Å²) in [5, 5.41) is 17.9. The van der Waals surface area contributed by atoms with E-state index >= 15 is 0 Å². The Morgan fingerprint density at radius 3 is 2.70 bits per heavy atom. The topological polar surface area (TPSA) is 104 Å². The second-order valence-corrected chi connectivity index (χ2v) is 4.50. The molecule has 0 radical (unpaired) electrons. The lowest BCUT2D eigenvalue weighted by Crippen LogP contribution is -2.02. The number of anilines is 2. The Kier molecular flexibility index (Phi) is 3.67. The van der Waals surface area contributed by atoms with Crippen LogP contribution in [0.15, 0.2) is 36.8 Å². The van der Waals surface area contributed by atoms with Crippen molar-refractivity contribution in [3.63, 3.8) is 0 Å². The van der Waals surface area contributed by atoms with Crippen LogP contribution in [0, 0.1) is 11.6 Å². The van der Waals surface area contributed by atoms with Gasteiger partial charge in [-0.2, -0.15) is 5.10 Å². The van der Waals surface area contributed by atoms with Gasteiger partial charge in [0.15, 0.2) is 5.82 Å². The van der Waals surface area contributed by atoms with Gasteiger partial charge in [-0.25, -0.2) is 23.5 Å². The number of carboxylic acids is 1. The number of carboxylic acid groups (broad SMARTS) is 1. The van der Waals surface area contributed by atoms with Gasteiger partial charge in [0.25, 0.3) is 0 Å². The Hall–Kier alpha value is -3.36. The predicted molar refractivity (Wildman–Crippen MR) is 76.2 cm³/mol. The number of hydrogen-bond acceptors (Lipinski definition) is 5. The summed E-state index contributed by atoms with van der Waals surface area (Å²) in [6, 6.07) is 3.24. The minimum Gasteiger partial charge on any atom is -0.478 e. The van der Waals surface area contributed by atoms with E-state index in [9.17, 15) is 13.6 Å². The third-order valence-electron chi connectivity index (χ3n) is 2.97. The van der Waals surface area contributed by atoms with E-state index in [1.54, 1.807) is 6.20 Å². The molecule has 2 aromatic heterocycles. The van der Waals surface area contributed by atoms with Gasteiger partial charge in [-0.05, 0) is 12.1 Å². The van der Waals surface area contributed by atoms with Crippen molar-refractivity contribution in [2.75, 3.05) is 5.32 Å². The quantitative estimate of drug-likeness (QED) is 0.683. The SMILES string of the molecule is O=C(O)c1ccc(-c2nc(Nc3cn[nH]c3)ncc2F)cc1F. The summed E-state index contributed by atoms with van der Waals surface area (Å²) in [6.07, 6.45) is 3.97. The van der Waals surface area contributed by atoms with Crippen molar-refractivity contribution < 1.29 is 18.7 Å². The number of halogens is 2. The average Bonchev–Trinajstić information content (AvgIpc) is 3.01. The van der Waals surface area contributed by atoms with E-state index < -0.39 is 23.2 Å². The number of nitrogens with one attached hydrogen (secondary N) is 2. The highest BCUT2D eigenvalue weighted by molar-refractivity contribution is 5.88. The summed E-state index contributed by atoms with van der Waals surface area (Å²) in [4.78, 5) is 18.6. The van der Waals surface area contributed by atoms with E-state index in [1.807, 2.05) is 0 Å². The molecule has 0 aliphatic carbocycles. The largest absolute Gasteiger partial charge is 0.478 e. The predicted octanol–water partition coefficient (Wildman–Crippen LogP) is 2.59. The Bertz CT molecular complexity index is 868. The molecule has 2 heterocycles. The lowest BCUT2D eigenvalue weighted by Gasteiger charge is -2.07. The molecule has 1 aromatic carbocycles. The van der Waals surface area contributed by atoms with Gasteiger partial charge >= 0.3 is 5.97 Å². The summed E-state index contributed by atoms with van der Waals surface area (Å²) in [7, 11) is 0. The van der Waals surface area contributed by atoms with Crippen LogP contribution in [0.2, 0.25) is 0 Å². The molecule has 0 fully saturated rings. The van der Waals surface area contributed by atoms with Crippen LogP contribution in [-0.2, 0) is 0 Å². The van der Waals surface area contributed by atoms with E-state index in [0.717, 1.165) is 18.3 Å². The fourth-order valence-electron chi connectivity index (χ4n) is 1.91. The van der Waals surface area contributed by atoms with Crippen LogP contribution in [0.25, 0.3) is 11.3 Å². The number of hydrogen-bond donors (Lipinski definition) is 3. The molecule has 3 aromatic rings. The Morgan fingerprint density at radius 2 is 2.04 bits per heavy atom. The van der Waals surface area contributed by atoms with Gasteiger partial charge in [0.05, 0.1) is 23.6 Å². The summed E-state index contributed by atoms with van der Waals surface area (Å²) in [6.45, 7) is 0. The second kappa shape index (κ2) is 5.79. The molecular weight excluding hydrogens is 308 g/mol. The average molecular weight is 317 g/mol. The van der Waals surface area contributed by atoms with E-state index in [4.69, 9.17) is 5.11 Å². The Balaban J connectivity index is 1.98. The number of carbonyl (C=O) groups is 1. The van der Waals surface area contributed by atoms with Crippen molar-refractivity contribution in [3.05, 3.63) is 54.0 Å². The smallest absolute Gasteiger partial charge is 0.338 e. The van der Waals surface area contributed by atoms with Crippen molar-refractivity contribution in [2.45, 2.75) is 0 Å². The van der Waals surface area contributed by atoms with Crippen LogP contribution >= 0.6 is 0 Å². The zero-order valence-electron chi connectivity index (χ0n) is 11.4. The first kappa shape index (κ1) is 14.6. The third-order valence-corrected chi connectivity index (χ3v) is 2.97. The van der Waals surface area contributed by atoms with Crippen molar-refractivity contribution in [1.82, 2.24) is 20.2 Å². The summed E-state index contributed by atoms with van der Waals surface area (Å²) in [5.41, 5.74) is 0.0133. The minimum absolute atomic E-state index is 0.0884. The molecule has 0 saturated heterocycles. The summed E-state index contributed by atoms with van der Waals surface area (Å²) >= 11 is 0. The number of aromatic carboxylic acids is 1. The van der Waals surface area contributed by atoms with Crippen molar-refractivity contribution >= 4 is 17.6 Å². The molecule has 0 bridgehead atoms. The highest BCUT2D eigenvalue weighted by atomic mass is 19.1. The van der Waals surface area contributed by atoms with E-state index in [1.165, 1.54) is 12.3 Å². The van der Waals surface area contributed by atoms with Gasteiger partial charge in [0.1, 0.15) is 11.5 Å². The fourth-order valence-corrected chi connectivity index (χ4v) is 1.91. The lowest BCUT2D eigenvalue weighted by atomic mass is 10.1. The van der Waals surface area contributed by atoms with E-state index in [-0.39, 0.29) is 17.2 Å². The molecule has 116 valence electrons. The summed E-state index contributed by atoms with van der Waals surface area (Å²) in [5.74, 6) is -3.05. The fraction of sp³-hybridized carbons (Fsp3) is 0. The number of benzene rings is 1. The van der Waals surface area contributed by atoms with Gasteiger partial charge in [-0.15, -0.1) is 0 Å². The Morgan fingerprint density at radius 1 is 1.22 bits per heavy atom. The first-order valence-electron chi connectivity index (χ1n) is 6.36. The molecule has 0 amide bonds. The molecular formula is C14H9F2N5O2. The number of rotatable bonds is 4. The lowest BCUT2D eigenvalue weighted by molar-refractivity contribution is 0.0692. The van der Waals surface area contributed by atoms with Crippen LogP contribution in [0.3, 0.4) is 0 Å². The van der Waals surface area contributed by atoms with E-state index in [0.29, 0.717) is 5.69 Å². The van der Waals surface area contributed by atoms with Crippen LogP contribution in [0.5, 0.6) is 0 Å². The molecule has 3 N–H and O–H groups in total. The first-order chi connectivity index (χ1) is 11.0. The molecule has 23 heavy (non-hydrogen) atoms. The monoisotopic (exact) mass is 317 g/mol. The molecule has 0 spiro atoms. The number of nitrogens with zero attached hydrogens (tertiary/aromatic N) is 3. The zero-order valence-corrected chi connectivity index (χ0v) is 11.4. The molecule has 0 saturated carbocycles. The van der Waals surface area contributed by atoms with Crippen molar-refractivity contribution in [3.8, 4) is 11.3 Å². The summed E-state index contributed by atoms with van der Waals surface area (Å²) < 4.78 is 27.7. The maximum atomic E-state index is 13.9. The number of H-pyrrole nitrogens is 1. The molecule has 0 atom stereocenters. The molecule has 0 aliphatic heterocycles. The van der Waals surface area contributed by atoms with Gasteiger partial charge in [-0.3, -0.25) is 5.10 Å². The molecule has 0 unspecified atom stereocenters. The molecule has 3 rings (SSSR count). The van der Waals surface area contributed by atoms with Gasteiger partial charge in [0, 0.05) is 11.8 Å². The van der Waals surface area contributed by atoms with Crippen LogP contribution in [0.1, 0.15) is 10.4 Å². The molecule has 9 heteroatoms. The molecule has 0 aliphatic rings. The first-order valence-corrected chi connectivity index (χ1v) is 6.36. The van der Waals surface area contributed by atoms with Gasteiger partial charge in [-0.1, -0.05) is 6.07 Å². The zero-order chi connectivity index (χ0) is 16.4. The number of aromatic amines is 1. The standard InChI is InChI=1S/C14H9F2N5O2/c15-10-3-7(1-2-9(10)13(22)23)12-11(16)6-17-14(21-12)20-8-4-18-19-5-8/h1-6H,(H,18,19)(H,22,23)(H,17,20,21). The van der Waals surface area contributed by atoms with Crippen LogP contribution in [0.4, 0.5) is 20.4 Å².